The van der Waals surface area contributed by atoms with Crippen molar-refractivity contribution in [1.29, 1.82) is 0 Å². The zero-order valence-electron chi connectivity index (χ0n) is 8.59. The zero-order chi connectivity index (χ0) is 9.97. The van der Waals surface area contributed by atoms with Crippen LogP contribution in [0.1, 0.15) is 29.9 Å². The van der Waals surface area contributed by atoms with Crippen LogP contribution in [0.3, 0.4) is 0 Å². The lowest BCUT2D eigenvalue weighted by Crippen LogP contribution is -1.99. The molecule has 0 unspecified atom stereocenters. The van der Waals surface area contributed by atoms with Crippen LogP contribution < -0.4 is 5.32 Å². The first-order valence-electron chi connectivity index (χ1n) is 5.26. The van der Waals surface area contributed by atoms with E-state index in [0.29, 0.717) is 0 Å². The SMILES string of the molecule is CNc1ccc(C2CC2)cc1CCO. The van der Waals surface area contributed by atoms with Gasteiger partial charge in [0.25, 0.3) is 0 Å². The maximum Gasteiger partial charge on any atom is 0.0472 e. The van der Waals surface area contributed by atoms with Crippen molar-refractivity contribution in [2.45, 2.75) is 25.2 Å². The highest BCUT2D eigenvalue weighted by Crippen LogP contribution is 2.41. The van der Waals surface area contributed by atoms with Crippen molar-refractivity contribution in [2.75, 3.05) is 19.0 Å². The van der Waals surface area contributed by atoms with E-state index in [2.05, 4.69) is 23.5 Å². The van der Waals surface area contributed by atoms with Crippen molar-refractivity contribution in [2.24, 2.45) is 0 Å². The second-order valence-corrected chi connectivity index (χ2v) is 3.91. The van der Waals surface area contributed by atoms with Gasteiger partial charge in [-0.3, -0.25) is 0 Å². The van der Waals surface area contributed by atoms with Crippen molar-refractivity contribution in [3.05, 3.63) is 29.3 Å². The van der Waals surface area contributed by atoms with Gasteiger partial charge in [0.05, 0.1) is 0 Å². The summed E-state index contributed by atoms with van der Waals surface area (Å²) in [6.07, 6.45) is 3.41. The predicted octanol–water partition coefficient (Wildman–Crippen LogP) is 2.14. The highest BCUT2D eigenvalue weighted by molar-refractivity contribution is 5.53. The van der Waals surface area contributed by atoms with Crippen LogP contribution in [0.25, 0.3) is 0 Å². The first kappa shape index (κ1) is 9.53. The van der Waals surface area contributed by atoms with Gasteiger partial charge >= 0.3 is 0 Å². The third-order valence-electron chi connectivity index (χ3n) is 2.83. The van der Waals surface area contributed by atoms with E-state index in [1.165, 1.54) is 24.0 Å². The standard InChI is InChI=1S/C12H17NO/c1-13-12-5-4-10(9-2-3-9)8-11(12)6-7-14/h4-5,8-9,13-14H,2-3,6-7H2,1H3. The van der Waals surface area contributed by atoms with Gasteiger partial charge in [-0.05, 0) is 42.4 Å². The molecular formula is C12H17NO. The lowest BCUT2D eigenvalue weighted by Gasteiger charge is -2.10. The molecule has 0 spiro atoms. The van der Waals surface area contributed by atoms with Crippen LogP contribution in [-0.4, -0.2) is 18.8 Å². The van der Waals surface area contributed by atoms with Crippen LogP contribution in [0.4, 0.5) is 5.69 Å². The Balaban J connectivity index is 2.26. The largest absolute Gasteiger partial charge is 0.396 e. The highest BCUT2D eigenvalue weighted by atomic mass is 16.2. The van der Waals surface area contributed by atoms with E-state index >= 15 is 0 Å². The molecule has 0 heterocycles. The van der Waals surface area contributed by atoms with Gasteiger partial charge in [0, 0.05) is 19.3 Å². The summed E-state index contributed by atoms with van der Waals surface area (Å²) in [5, 5.41) is 12.1. The minimum atomic E-state index is 0.225. The van der Waals surface area contributed by atoms with E-state index in [0.717, 1.165) is 18.0 Å². The first-order valence-corrected chi connectivity index (χ1v) is 5.26. The summed E-state index contributed by atoms with van der Waals surface area (Å²) in [4.78, 5) is 0. The molecule has 0 amide bonds. The van der Waals surface area contributed by atoms with Crippen LogP contribution in [0.5, 0.6) is 0 Å². The van der Waals surface area contributed by atoms with Crippen LogP contribution in [-0.2, 0) is 6.42 Å². The average Bonchev–Trinajstić information content (AvgIpc) is 3.01. The van der Waals surface area contributed by atoms with Crippen LogP contribution >= 0.6 is 0 Å². The van der Waals surface area contributed by atoms with E-state index in [4.69, 9.17) is 5.11 Å². The van der Waals surface area contributed by atoms with Gasteiger partial charge in [-0.2, -0.15) is 0 Å². The molecule has 2 nitrogen and oxygen atoms in total. The number of aliphatic hydroxyl groups is 1. The summed E-state index contributed by atoms with van der Waals surface area (Å²) < 4.78 is 0. The van der Waals surface area contributed by atoms with Crippen molar-refractivity contribution in [3.8, 4) is 0 Å². The molecule has 0 aromatic heterocycles. The van der Waals surface area contributed by atoms with Gasteiger partial charge in [0.1, 0.15) is 0 Å². The maximum atomic E-state index is 8.96. The van der Waals surface area contributed by atoms with Gasteiger partial charge in [0.15, 0.2) is 0 Å². The average molecular weight is 191 g/mol. The fourth-order valence-corrected chi connectivity index (χ4v) is 1.86. The zero-order valence-corrected chi connectivity index (χ0v) is 8.59. The second kappa shape index (κ2) is 4.01. The molecule has 0 bridgehead atoms. The van der Waals surface area contributed by atoms with Crippen molar-refractivity contribution in [1.82, 2.24) is 0 Å². The summed E-state index contributed by atoms with van der Waals surface area (Å²) in [5.41, 5.74) is 3.82. The van der Waals surface area contributed by atoms with Crippen LogP contribution in [0, 0.1) is 0 Å². The lowest BCUT2D eigenvalue weighted by atomic mass is 10.0. The Morgan fingerprint density at radius 1 is 1.43 bits per heavy atom. The van der Waals surface area contributed by atoms with Gasteiger partial charge < -0.3 is 10.4 Å². The minimum Gasteiger partial charge on any atom is -0.396 e. The predicted molar refractivity (Wildman–Crippen MR) is 58.8 cm³/mol. The topological polar surface area (TPSA) is 32.3 Å². The fraction of sp³-hybridized carbons (Fsp3) is 0.500. The van der Waals surface area contributed by atoms with Gasteiger partial charge in [0.2, 0.25) is 0 Å². The maximum absolute atomic E-state index is 8.96. The van der Waals surface area contributed by atoms with E-state index in [-0.39, 0.29) is 6.61 Å². The van der Waals surface area contributed by atoms with Gasteiger partial charge in [-0.1, -0.05) is 12.1 Å². The number of aliphatic hydroxyl groups excluding tert-OH is 1. The Morgan fingerprint density at radius 2 is 2.21 bits per heavy atom. The Bertz CT molecular complexity index is 318. The minimum absolute atomic E-state index is 0.225. The van der Waals surface area contributed by atoms with E-state index in [1.54, 1.807) is 0 Å². The van der Waals surface area contributed by atoms with Crippen molar-refractivity contribution in [3.63, 3.8) is 0 Å². The third-order valence-corrected chi connectivity index (χ3v) is 2.83. The molecule has 1 fully saturated rings. The molecule has 1 aliphatic carbocycles. The summed E-state index contributed by atoms with van der Waals surface area (Å²) in [6.45, 7) is 0.225. The summed E-state index contributed by atoms with van der Waals surface area (Å²) >= 11 is 0. The molecule has 0 radical (unpaired) electrons. The molecule has 1 aromatic rings. The molecule has 1 aromatic carbocycles. The Labute approximate surface area is 85.0 Å². The molecule has 1 saturated carbocycles. The molecule has 14 heavy (non-hydrogen) atoms. The normalized spacial score (nSPS) is 15.6. The van der Waals surface area contributed by atoms with Gasteiger partial charge in [-0.25, -0.2) is 0 Å². The fourth-order valence-electron chi connectivity index (χ4n) is 1.86. The van der Waals surface area contributed by atoms with Crippen molar-refractivity contribution >= 4 is 5.69 Å². The third kappa shape index (κ3) is 1.90. The molecule has 0 aliphatic heterocycles. The van der Waals surface area contributed by atoms with Crippen LogP contribution in [0.2, 0.25) is 0 Å². The molecule has 76 valence electrons. The van der Waals surface area contributed by atoms with Crippen molar-refractivity contribution < 1.29 is 5.11 Å². The van der Waals surface area contributed by atoms with Crippen LogP contribution in [0.15, 0.2) is 18.2 Å². The van der Waals surface area contributed by atoms with Gasteiger partial charge in [-0.15, -0.1) is 0 Å². The monoisotopic (exact) mass is 191 g/mol. The number of nitrogens with one attached hydrogen (secondary N) is 1. The Morgan fingerprint density at radius 3 is 2.79 bits per heavy atom. The number of hydrogen-bond donors (Lipinski definition) is 2. The highest BCUT2D eigenvalue weighted by Gasteiger charge is 2.23. The molecule has 2 N–H and O–H groups in total. The quantitative estimate of drug-likeness (QED) is 0.764. The molecule has 0 saturated heterocycles. The lowest BCUT2D eigenvalue weighted by molar-refractivity contribution is 0.300. The number of benzene rings is 1. The molecule has 1 aliphatic rings. The molecular weight excluding hydrogens is 174 g/mol. The summed E-state index contributed by atoms with van der Waals surface area (Å²) in [5.74, 6) is 0.790. The summed E-state index contributed by atoms with van der Waals surface area (Å²) in [6, 6.07) is 6.56. The number of rotatable bonds is 4. The van der Waals surface area contributed by atoms with E-state index < -0.39 is 0 Å². The Kier molecular flexibility index (Phi) is 2.73. The number of anilines is 1. The van der Waals surface area contributed by atoms with E-state index in [1.807, 2.05) is 7.05 Å². The summed E-state index contributed by atoms with van der Waals surface area (Å²) in [7, 11) is 1.92. The molecule has 0 atom stereocenters. The molecule has 2 rings (SSSR count). The van der Waals surface area contributed by atoms with E-state index in [9.17, 15) is 0 Å². The second-order valence-electron chi connectivity index (χ2n) is 3.91. The smallest absolute Gasteiger partial charge is 0.0472 e. The number of hydrogen-bond acceptors (Lipinski definition) is 2. The first-order chi connectivity index (χ1) is 6.85. The molecule has 2 heteroatoms. The Hall–Kier alpha value is -1.02.